The summed E-state index contributed by atoms with van der Waals surface area (Å²) in [6.45, 7) is 0. The van der Waals surface area contributed by atoms with Crippen molar-refractivity contribution in [3.05, 3.63) is 52.0 Å². The molecule has 1 aliphatic heterocycles. The fourth-order valence-corrected chi connectivity index (χ4v) is 2.61. The van der Waals surface area contributed by atoms with Crippen LogP contribution >= 0.6 is 23.2 Å². The standard InChI is InChI=1S/C15H14Cl2N2O/c1-19(2)10-4-5-11(12(17)8-10)15-18-13-7-9(16)3-6-14(13)20-15/h3-8,15,18H,1-2H3/t15-/m0/s1. The first-order chi connectivity index (χ1) is 9.54. The zero-order chi connectivity index (χ0) is 14.3. The van der Waals surface area contributed by atoms with E-state index in [1.807, 2.05) is 49.3 Å². The maximum Gasteiger partial charge on any atom is 0.198 e. The lowest BCUT2D eigenvalue weighted by Gasteiger charge is -2.17. The van der Waals surface area contributed by atoms with E-state index >= 15 is 0 Å². The number of nitrogens with zero attached hydrogens (tertiary/aromatic N) is 1. The molecule has 1 N–H and O–H groups in total. The van der Waals surface area contributed by atoms with Crippen molar-refractivity contribution < 1.29 is 4.74 Å². The second kappa shape index (κ2) is 5.08. The van der Waals surface area contributed by atoms with Gasteiger partial charge in [0.05, 0.1) is 10.7 Å². The Labute approximate surface area is 128 Å². The lowest BCUT2D eigenvalue weighted by molar-refractivity contribution is 0.260. The Balaban J connectivity index is 1.89. The second-order valence-electron chi connectivity index (χ2n) is 4.88. The van der Waals surface area contributed by atoms with Crippen LogP contribution in [0.15, 0.2) is 36.4 Å². The van der Waals surface area contributed by atoms with Crippen LogP contribution in [0.5, 0.6) is 5.75 Å². The van der Waals surface area contributed by atoms with Gasteiger partial charge in [0.1, 0.15) is 5.75 Å². The topological polar surface area (TPSA) is 24.5 Å². The van der Waals surface area contributed by atoms with E-state index in [0.29, 0.717) is 10.0 Å². The average molecular weight is 309 g/mol. The van der Waals surface area contributed by atoms with E-state index < -0.39 is 0 Å². The maximum atomic E-state index is 6.35. The van der Waals surface area contributed by atoms with Crippen molar-refractivity contribution in [2.75, 3.05) is 24.3 Å². The van der Waals surface area contributed by atoms with Crippen LogP contribution in [0, 0.1) is 0 Å². The smallest absolute Gasteiger partial charge is 0.198 e. The zero-order valence-corrected chi connectivity index (χ0v) is 12.7. The van der Waals surface area contributed by atoms with E-state index in [0.717, 1.165) is 22.7 Å². The summed E-state index contributed by atoms with van der Waals surface area (Å²) >= 11 is 12.3. The maximum absolute atomic E-state index is 6.35. The highest BCUT2D eigenvalue weighted by Crippen LogP contribution is 2.41. The van der Waals surface area contributed by atoms with Crippen molar-refractivity contribution in [2.24, 2.45) is 0 Å². The van der Waals surface area contributed by atoms with Gasteiger partial charge in [0, 0.05) is 30.4 Å². The summed E-state index contributed by atoms with van der Waals surface area (Å²) in [4.78, 5) is 2.01. The fourth-order valence-electron chi connectivity index (χ4n) is 2.16. The monoisotopic (exact) mass is 308 g/mol. The highest BCUT2D eigenvalue weighted by atomic mass is 35.5. The number of nitrogens with one attached hydrogen (secondary N) is 1. The number of hydrogen-bond donors (Lipinski definition) is 1. The van der Waals surface area contributed by atoms with E-state index in [4.69, 9.17) is 27.9 Å². The number of rotatable bonds is 2. The summed E-state index contributed by atoms with van der Waals surface area (Å²) < 4.78 is 5.86. The molecule has 3 rings (SSSR count). The van der Waals surface area contributed by atoms with Gasteiger partial charge in [0.2, 0.25) is 0 Å². The molecule has 104 valence electrons. The van der Waals surface area contributed by atoms with Gasteiger partial charge in [0.25, 0.3) is 0 Å². The van der Waals surface area contributed by atoms with Gasteiger partial charge in [-0.2, -0.15) is 0 Å². The van der Waals surface area contributed by atoms with Crippen LogP contribution in [-0.2, 0) is 0 Å². The van der Waals surface area contributed by atoms with Crippen molar-refractivity contribution in [2.45, 2.75) is 6.23 Å². The Morgan fingerprint density at radius 3 is 2.60 bits per heavy atom. The molecule has 0 bridgehead atoms. The van der Waals surface area contributed by atoms with Crippen LogP contribution < -0.4 is 15.0 Å². The number of ether oxygens (including phenoxy) is 1. The van der Waals surface area contributed by atoms with Crippen molar-refractivity contribution in [3.8, 4) is 5.75 Å². The van der Waals surface area contributed by atoms with Crippen LogP contribution in [0.3, 0.4) is 0 Å². The molecule has 3 nitrogen and oxygen atoms in total. The molecule has 0 unspecified atom stereocenters. The lowest BCUT2D eigenvalue weighted by Crippen LogP contribution is -2.12. The molecule has 5 heteroatoms. The first kappa shape index (κ1) is 13.4. The molecule has 0 spiro atoms. The minimum absolute atomic E-state index is 0.285. The molecule has 0 aromatic heterocycles. The number of halogens is 2. The van der Waals surface area contributed by atoms with Crippen LogP contribution in [0.1, 0.15) is 11.8 Å². The molecular formula is C15H14Cl2N2O. The molecule has 0 saturated heterocycles. The van der Waals surface area contributed by atoms with E-state index in [1.165, 1.54) is 0 Å². The Hall–Kier alpha value is -1.58. The van der Waals surface area contributed by atoms with E-state index in [1.54, 1.807) is 6.07 Å². The highest BCUT2D eigenvalue weighted by molar-refractivity contribution is 6.32. The van der Waals surface area contributed by atoms with Gasteiger partial charge >= 0.3 is 0 Å². The normalized spacial score (nSPS) is 16.3. The molecule has 2 aromatic rings. The summed E-state index contributed by atoms with van der Waals surface area (Å²) in [5.41, 5.74) is 2.84. The molecule has 1 aliphatic rings. The molecule has 20 heavy (non-hydrogen) atoms. The fraction of sp³-hybridized carbons (Fsp3) is 0.200. The Morgan fingerprint density at radius 1 is 1.10 bits per heavy atom. The molecule has 0 amide bonds. The predicted octanol–water partition coefficient (Wildman–Crippen LogP) is 4.56. The van der Waals surface area contributed by atoms with Crippen LogP contribution in [0.25, 0.3) is 0 Å². The van der Waals surface area contributed by atoms with Gasteiger partial charge in [0.15, 0.2) is 6.23 Å². The molecule has 0 aliphatic carbocycles. The number of anilines is 2. The number of benzene rings is 2. The largest absolute Gasteiger partial charge is 0.464 e. The summed E-state index contributed by atoms with van der Waals surface area (Å²) in [7, 11) is 3.96. The van der Waals surface area contributed by atoms with Gasteiger partial charge in [-0.1, -0.05) is 23.2 Å². The van der Waals surface area contributed by atoms with E-state index in [9.17, 15) is 0 Å². The molecule has 0 fully saturated rings. The van der Waals surface area contributed by atoms with Gasteiger partial charge in [-0.3, -0.25) is 0 Å². The summed E-state index contributed by atoms with van der Waals surface area (Å²) in [5.74, 6) is 0.784. The minimum Gasteiger partial charge on any atom is -0.464 e. The second-order valence-corrected chi connectivity index (χ2v) is 5.73. The van der Waals surface area contributed by atoms with Crippen LogP contribution in [0.4, 0.5) is 11.4 Å². The van der Waals surface area contributed by atoms with Gasteiger partial charge in [-0.05, 0) is 36.4 Å². The van der Waals surface area contributed by atoms with Crippen molar-refractivity contribution in [1.29, 1.82) is 0 Å². The molecule has 1 heterocycles. The van der Waals surface area contributed by atoms with Crippen LogP contribution in [0.2, 0.25) is 10.0 Å². The highest BCUT2D eigenvalue weighted by Gasteiger charge is 2.25. The Morgan fingerprint density at radius 2 is 1.90 bits per heavy atom. The van der Waals surface area contributed by atoms with E-state index in [2.05, 4.69) is 5.32 Å². The number of fused-ring (bicyclic) bond motifs is 1. The molecule has 0 radical (unpaired) electrons. The molecular weight excluding hydrogens is 295 g/mol. The molecule has 1 atom stereocenters. The predicted molar refractivity (Wildman–Crippen MR) is 84.2 cm³/mol. The third-order valence-corrected chi connectivity index (χ3v) is 3.82. The Bertz CT molecular complexity index is 658. The number of hydrogen-bond acceptors (Lipinski definition) is 3. The molecule has 2 aromatic carbocycles. The van der Waals surface area contributed by atoms with Crippen LogP contribution in [-0.4, -0.2) is 14.1 Å². The van der Waals surface area contributed by atoms with Crippen molar-refractivity contribution in [3.63, 3.8) is 0 Å². The summed E-state index contributed by atoms with van der Waals surface area (Å²) in [5, 5.41) is 4.63. The van der Waals surface area contributed by atoms with Crippen molar-refractivity contribution in [1.82, 2.24) is 0 Å². The minimum atomic E-state index is -0.285. The van der Waals surface area contributed by atoms with Gasteiger partial charge < -0.3 is 15.0 Å². The summed E-state index contributed by atoms with van der Waals surface area (Å²) in [6, 6.07) is 11.4. The third-order valence-electron chi connectivity index (χ3n) is 3.26. The van der Waals surface area contributed by atoms with Gasteiger partial charge in [-0.25, -0.2) is 0 Å². The first-order valence-corrected chi connectivity index (χ1v) is 7.00. The quantitative estimate of drug-likeness (QED) is 0.880. The SMILES string of the molecule is CN(C)c1ccc([C@H]2Nc3cc(Cl)ccc3O2)c(Cl)c1. The lowest BCUT2D eigenvalue weighted by atomic mass is 10.1. The zero-order valence-electron chi connectivity index (χ0n) is 11.2. The van der Waals surface area contributed by atoms with Crippen molar-refractivity contribution >= 4 is 34.6 Å². The van der Waals surface area contributed by atoms with E-state index in [-0.39, 0.29) is 6.23 Å². The Kier molecular flexibility index (Phi) is 3.40. The third kappa shape index (κ3) is 2.39. The molecule has 0 saturated carbocycles. The average Bonchev–Trinajstić information content (AvgIpc) is 2.80. The van der Waals surface area contributed by atoms with Gasteiger partial charge in [-0.15, -0.1) is 0 Å². The first-order valence-electron chi connectivity index (χ1n) is 6.24. The summed E-state index contributed by atoms with van der Waals surface area (Å²) in [6.07, 6.45) is -0.285.